The highest BCUT2D eigenvalue weighted by molar-refractivity contribution is 5.93. The summed E-state index contributed by atoms with van der Waals surface area (Å²) in [4.78, 5) is 5.19. The van der Waals surface area contributed by atoms with Crippen molar-refractivity contribution in [1.29, 1.82) is 0 Å². The largest absolute Gasteiger partial charge is 0.436 e. The number of para-hydroxylation sites is 2. The summed E-state index contributed by atoms with van der Waals surface area (Å²) in [6, 6.07) is 27.8. The third-order valence-corrected chi connectivity index (χ3v) is 7.53. The Morgan fingerprint density at radius 3 is 2.08 bits per heavy atom. The molecular formula is C34H34N3O+. The number of oxazole rings is 1. The van der Waals surface area contributed by atoms with Gasteiger partial charge in [0.15, 0.2) is 16.6 Å². The van der Waals surface area contributed by atoms with Gasteiger partial charge >= 0.3 is 0 Å². The number of nitrogens with zero attached hydrogens (tertiary/aromatic N) is 3. The molecule has 4 aromatic carbocycles. The Morgan fingerprint density at radius 1 is 0.737 bits per heavy atom. The predicted molar refractivity (Wildman–Crippen MR) is 156 cm³/mol. The summed E-state index contributed by atoms with van der Waals surface area (Å²) >= 11 is 0. The van der Waals surface area contributed by atoms with Crippen LogP contribution in [0.25, 0.3) is 56.1 Å². The van der Waals surface area contributed by atoms with Gasteiger partial charge in [-0.1, -0.05) is 60.7 Å². The number of hydrogen-bond acceptors (Lipinski definition) is 2. The van der Waals surface area contributed by atoms with E-state index in [0.717, 1.165) is 39.2 Å². The van der Waals surface area contributed by atoms with E-state index in [1.807, 2.05) is 0 Å². The molecule has 0 fully saturated rings. The first kappa shape index (κ1) is 24.2. The second-order valence-corrected chi connectivity index (χ2v) is 11.4. The first-order chi connectivity index (χ1) is 18.1. The van der Waals surface area contributed by atoms with Gasteiger partial charge in [-0.25, -0.2) is 14.1 Å². The normalized spacial score (nSPS) is 12.1. The quantitative estimate of drug-likeness (QED) is 0.229. The molecule has 4 heteroatoms. The lowest BCUT2D eigenvalue weighted by Gasteiger charge is -2.19. The van der Waals surface area contributed by atoms with Crippen LogP contribution >= 0.6 is 0 Å². The van der Waals surface area contributed by atoms with E-state index in [4.69, 9.17) is 9.40 Å². The van der Waals surface area contributed by atoms with Crippen LogP contribution in [-0.2, 0) is 12.6 Å². The lowest BCUT2D eigenvalue weighted by atomic mass is 9.95. The van der Waals surface area contributed by atoms with Crippen molar-refractivity contribution >= 4 is 22.1 Å². The minimum atomic E-state index is -0.127. The molecule has 6 aromatic rings. The zero-order chi connectivity index (χ0) is 26.8. The molecular weight excluding hydrogens is 466 g/mol. The molecule has 2 heterocycles. The van der Waals surface area contributed by atoms with Crippen molar-refractivity contribution in [3.8, 4) is 34.0 Å². The first-order valence-electron chi connectivity index (χ1n) is 13.2. The first-order valence-corrected chi connectivity index (χ1v) is 13.2. The Balaban J connectivity index is 1.60. The third-order valence-electron chi connectivity index (χ3n) is 7.53. The van der Waals surface area contributed by atoms with Gasteiger partial charge in [-0.15, -0.1) is 0 Å². The molecule has 0 saturated heterocycles. The summed E-state index contributed by atoms with van der Waals surface area (Å²) < 4.78 is 11.2. The molecule has 0 N–H and O–H groups in total. The van der Waals surface area contributed by atoms with Crippen molar-refractivity contribution in [3.05, 3.63) is 95.6 Å². The maximum absolute atomic E-state index is 6.49. The number of aromatic nitrogens is 3. The van der Waals surface area contributed by atoms with Crippen molar-refractivity contribution in [2.24, 2.45) is 7.05 Å². The molecule has 0 amide bonds. The van der Waals surface area contributed by atoms with Gasteiger partial charge in [0.05, 0.1) is 12.6 Å². The number of hydrogen-bond donors (Lipinski definition) is 0. The van der Waals surface area contributed by atoms with E-state index < -0.39 is 0 Å². The Bertz CT molecular complexity index is 1810. The summed E-state index contributed by atoms with van der Waals surface area (Å²) in [6.45, 7) is 13.2. The van der Waals surface area contributed by atoms with E-state index >= 15 is 0 Å². The highest BCUT2D eigenvalue weighted by Crippen LogP contribution is 2.39. The Morgan fingerprint density at radius 2 is 1.39 bits per heavy atom. The van der Waals surface area contributed by atoms with E-state index in [2.05, 4.69) is 137 Å². The van der Waals surface area contributed by atoms with Gasteiger partial charge < -0.3 is 4.42 Å². The van der Waals surface area contributed by atoms with E-state index in [0.29, 0.717) is 5.89 Å². The summed E-state index contributed by atoms with van der Waals surface area (Å²) in [5, 5.41) is 0. The smallest absolute Gasteiger partial charge is 0.292 e. The molecule has 38 heavy (non-hydrogen) atoms. The van der Waals surface area contributed by atoms with Gasteiger partial charge in [0.1, 0.15) is 11.1 Å². The van der Waals surface area contributed by atoms with Gasteiger partial charge in [0.25, 0.3) is 5.82 Å². The fourth-order valence-electron chi connectivity index (χ4n) is 5.86. The highest BCUT2D eigenvalue weighted by Gasteiger charge is 2.34. The van der Waals surface area contributed by atoms with Crippen LogP contribution < -0.4 is 4.57 Å². The van der Waals surface area contributed by atoms with Crippen LogP contribution in [0.4, 0.5) is 0 Å². The monoisotopic (exact) mass is 500 g/mol. The van der Waals surface area contributed by atoms with Crippen LogP contribution in [0.15, 0.2) is 83.3 Å². The fraction of sp³-hybridized carbons (Fsp3) is 0.235. The molecule has 0 aliphatic heterocycles. The minimum Gasteiger partial charge on any atom is -0.436 e. The van der Waals surface area contributed by atoms with Gasteiger partial charge in [-0.3, -0.25) is 0 Å². The molecule has 0 bridgehead atoms. The van der Waals surface area contributed by atoms with Crippen LogP contribution in [0, 0.1) is 20.8 Å². The van der Waals surface area contributed by atoms with E-state index in [-0.39, 0.29) is 5.54 Å². The lowest BCUT2D eigenvalue weighted by Crippen LogP contribution is -2.33. The van der Waals surface area contributed by atoms with Gasteiger partial charge in [-0.05, 0) is 87.6 Å². The van der Waals surface area contributed by atoms with Gasteiger partial charge in [0.2, 0.25) is 5.89 Å². The molecule has 0 radical (unpaired) electrons. The number of rotatable bonds is 3. The third kappa shape index (κ3) is 3.75. The highest BCUT2D eigenvalue weighted by atomic mass is 16.3. The van der Waals surface area contributed by atoms with E-state index in [1.54, 1.807) is 0 Å². The zero-order valence-corrected chi connectivity index (χ0v) is 23.3. The average Bonchev–Trinajstić information content (AvgIpc) is 3.43. The summed E-state index contributed by atoms with van der Waals surface area (Å²) in [5.74, 6) is 1.80. The number of fused-ring (bicyclic) bond motifs is 2. The van der Waals surface area contributed by atoms with Crippen molar-refractivity contribution in [1.82, 2.24) is 9.55 Å². The second-order valence-electron chi connectivity index (χ2n) is 11.4. The van der Waals surface area contributed by atoms with Crippen molar-refractivity contribution in [3.63, 3.8) is 0 Å². The number of imidazole rings is 1. The minimum absolute atomic E-state index is 0.127. The molecule has 6 rings (SSSR count). The summed E-state index contributed by atoms with van der Waals surface area (Å²) in [6.07, 6.45) is 0. The lowest BCUT2D eigenvalue weighted by molar-refractivity contribution is -0.634. The van der Waals surface area contributed by atoms with Crippen LogP contribution in [-0.4, -0.2) is 9.55 Å². The van der Waals surface area contributed by atoms with E-state index in [1.165, 1.54) is 27.7 Å². The molecule has 0 saturated carbocycles. The van der Waals surface area contributed by atoms with Crippen molar-refractivity contribution in [2.75, 3.05) is 0 Å². The fourth-order valence-corrected chi connectivity index (χ4v) is 5.86. The van der Waals surface area contributed by atoms with Crippen LogP contribution in [0.2, 0.25) is 0 Å². The van der Waals surface area contributed by atoms with Gasteiger partial charge in [-0.2, -0.15) is 0 Å². The molecule has 0 unspecified atom stereocenters. The Labute approximate surface area is 224 Å². The van der Waals surface area contributed by atoms with Crippen molar-refractivity contribution < 1.29 is 8.98 Å². The molecule has 4 nitrogen and oxygen atoms in total. The SMILES string of the molecule is Cc1cc(-c2ccccc2)cc(C)c1-c1nc2c(-c3n(C(C)(C)C)c4ccccc4[n+]3C)c(C)ccc2o1. The number of benzene rings is 4. The number of aryl methyl sites for hydroxylation is 4. The van der Waals surface area contributed by atoms with Gasteiger partial charge in [0, 0.05) is 5.56 Å². The summed E-state index contributed by atoms with van der Waals surface area (Å²) in [5.41, 5.74) is 12.1. The standard InChI is InChI=1S/C34H34N3O/c1-21-17-18-28-31(30(21)33-36(7)26-15-11-12-16-27(26)37(33)34(4,5)6)35-32(38-28)29-22(2)19-25(20-23(29)3)24-13-9-8-10-14-24/h8-20H,1-7H3/q+1. The summed E-state index contributed by atoms with van der Waals surface area (Å²) in [7, 11) is 2.15. The van der Waals surface area contributed by atoms with Crippen molar-refractivity contribution in [2.45, 2.75) is 47.1 Å². The molecule has 0 spiro atoms. The van der Waals surface area contributed by atoms with Crippen LogP contribution in [0.1, 0.15) is 37.5 Å². The van der Waals surface area contributed by atoms with Crippen LogP contribution in [0.3, 0.4) is 0 Å². The maximum atomic E-state index is 6.49. The maximum Gasteiger partial charge on any atom is 0.292 e. The predicted octanol–water partition coefficient (Wildman–Crippen LogP) is 8.29. The molecule has 190 valence electrons. The average molecular weight is 501 g/mol. The Hall–Kier alpha value is -4.18. The molecule has 0 aliphatic rings. The molecule has 0 aliphatic carbocycles. The second kappa shape index (κ2) is 8.70. The van der Waals surface area contributed by atoms with E-state index in [9.17, 15) is 0 Å². The zero-order valence-electron chi connectivity index (χ0n) is 23.3. The molecule has 2 aromatic heterocycles. The molecule has 0 atom stereocenters. The van der Waals surface area contributed by atoms with Crippen LogP contribution in [0.5, 0.6) is 0 Å². The topological polar surface area (TPSA) is 34.8 Å². The Kier molecular flexibility index (Phi) is 5.53.